The van der Waals surface area contributed by atoms with Gasteiger partial charge in [-0.05, 0) is 0 Å². The van der Waals surface area contributed by atoms with E-state index in [1.165, 1.54) is 0 Å². The summed E-state index contributed by atoms with van der Waals surface area (Å²) in [5.74, 6) is 0. The Morgan fingerprint density at radius 3 is 1.25 bits per heavy atom. The van der Waals surface area contributed by atoms with Crippen LogP contribution in [0.3, 0.4) is 0 Å². The molecule has 0 aromatic rings. The topological polar surface area (TPSA) is 40.5 Å². The van der Waals surface area contributed by atoms with E-state index in [1.807, 2.05) is 0 Å². The molecule has 0 aliphatic rings. The molecule has 0 saturated carbocycles. The van der Waals surface area contributed by atoms with E-state index < -0.39 is 0 Å². The van der Waals surface area contributed by atoms with Gasteiger partial charge in [-0.25, -0.2) is 0 Å². The van der Waals surface area contributed by atoms with E-state index in [0.717, 1.165) is 0 Å². The molecule has 0 bridgehead atoms. The first-order valence-corrected chi connectivity index (χ1v) is 0.516. The molecule has 4 heavy (non-hydrogen) atoms. The Bertz CT molecular complexity index is 6.00. The monoisotopic (exact) mass is 85.0 g/mol. The van der Waals surface area contributed by atoms with Gasteiger partial charge in [0.15, 0.2) is 0 Å². The van der Waals surface area contributed by atoms with Crippen LogP contribution in [0.4, 0.5) is 0 Å². The molecule has 0 amide bonds. The van der Waals surface area contributed by atoms with Crippen LogP contribution in [0.25, 0.3) is 0 Å². The van der Waals surface area contributed by atoms with Crippen molar-refractivity contribution in [2.24, 2.45) is 0 Å². The molecule has 1 radical (unpaired) electrons. The van der Waals surface area contributed by atoms with Crippen LogP contribution in [-0.2, 0) is 0 Å². The average Bonchev–Trinajstić information content (AvgIpc) is 0.918. The Labute approximate surface area is 55.1 Å². The van der Waals surface area contributed by atoms with Crippen LogP contribution in [0, 0.1) is 37.7 Å². The van der Waals surface area contributed by atoms with Gasteiger partial charge in [-0.1, -0.05) is 0 Å². The summed E-state index contributed by atoms with van der Waals surface area (Å²) in [4.78, 5) is 0. The first kappa shape index (κ1) is 8.98. The molecule has 25 valence electrons. The van der Waals surface area contributed by atoms with E-state index in [4.69, 9.17) is 10.0 Å². The minimum atomic E-state index is 0. The van der Waals surface area contributed by atoms with Gasteiger partial charge in [-0.15, -0.1) is 0 Å². The summed E-state index contributed by atoms with van der Waals surface area (Å²) in [7, 11) is 0. The molecular formula is H2ArBO2. The average molecular weight is 84.8 g/mol. The summed E-state index contributed by atoms with van der Waals surface area (Å²) in [6.07, 6.45) is 0. The van der Waals surface area contributed by atoms with E-state index in [1.54, 1.807) is 0 Å². The van der Waals surface area contributed by atoms with Crippen LogP contribution in [0.15, 0.2) is 0 Å². The molecule has 0 fully saturated rings. The van der Waals surface area contributed by atoms with E-state index >= 15 is 0 Å². The first-order chi connectivity index (χ1) is 1.41. The molecule has 2 N–H and O–H groups in total. The SMILES string of the molecule is O[B]O.[Ar]. The second-order valence-electron chi connectivity index (χ2n) is 0.115. The van der Waals surface area contributed by atoms with E-state index in [0.29, 0.717) is 0 Å². The molecule has 4 heteroatoms. The van der Waals surface area contributed by atoms with Crippen LogP contribution in [0.2, 0.25) is 0 Å². The maximum Gasteiger partial charge on any atom is 0.482 e. The molecule has 0 heterocycles. The minimum absolute atomic E-state index is 0. The van der Waals surface area contributed by atoms with Crippen molar-refractivity contribution in [3.8, 4) is 0 Å². The summed E-state index contributed by atoms with van der Waals surface area (Å²) in [5.41, 5.74) is 0. The molecule has 0 saturated heterocycles. The third-order valence-corrected chi connectivity index (χ3v) is 0. The smallest absolute Gasteiger partial charge is 0.429 e. The van der Waals surface area contributed by atoms with Crippen molar-refractivity contribution >= 4 is 7.69 Å². The molecular weight excluding hydrogens is 82.8 g/mol. The van der Waals surface area contributed by atoms with Crippen molar-refractivity contribution in [1.82, 2.24) is 0 Å². The van der Waals surface area contributed by atoms with E-state index in [-0.39, 0.29) is 45.4 Å². The summed E-state index contributed by atoms with van der Waals surface area (Å²) in [6, 6.07) is 0. The normalized spacial score (nSPS) is 3.50. The predicted octanol–water partition coefficient (Wildman–Crippen LogP) is -1.49. The molecule has 0 atom stereocenters. The molecule has 0 aliphatic carbocycles. The fourth-order valence-corrected chi connectivity index (χ4v) is 0. The largest absolute Gasteiger partial charge is 0.482 e. The fraction of sp³-hybridized carbons (Fsp3) is 0. The summed E-state index contributed by atoms with van der Waals surface area (Å²) in [5, 5.41) is 14.0. The maximum atomic E-state index is 7.00. The number of hydrogen-bond donors (Lipinski definition) is 2. The van der Waals surface area contributed by atoms with Crippen LogP contribution in [-0.4, -0.2) is 17.7 Å². The standard InChI is InChI=1S/Ar.BH2O2/c;2-1-3/h;2-3H. The second kappa shape index (κ2) is 8.87. The molecule has 0 aliphatic heterocycles. The molecule has 0 spiro atoms. The van der Waals surface area contributed by atoms with Crippen LogP contribution in [0.5, 0.6) is 0 Å². The number of rotatable bonds is 0. The molecule has 2 nitrogen and oxygen atoms in total. The zero-order valence-electron chi connectivity index (χ0n) is 1.83. The van der Waals surface area contributed by atoms with Gasteiger partial charge in [-0.3, -0.25) is 0 Å². The van der Waals surface area contributed by atoms with Gasteiger partial charge >= 0.3 is 7.69 Å². The molecule has 0 unspecified atom stereocenters. The summed E-state index contributed by atoms with van der Waals surface area (Å²) < 4.78 is 0. The van der Waals surface area contributed by atoms with E-state index in [2.05, 4.69) is 0 Å². The quantitative estimate of drug-likeness (QED) is 0.351. The van der Waals surface area contributed by atoms with Crippen molar-refractivity contribution in [3.05, 3.63) is 0 Å². The van der Waals surface area contributed by atoms with Crippen LogP contribution < -0.4 is 0 Å². The first-order valence-electron chi connectivity index (χ1n) is 0.516. The maximum absolute atomic E-state index is 7.00. The molecule has 0 aromatic heterocycles. The van der Waals surface area contributed by atoms with Gasteiger partial charge in [0.05, 0.1) is 0 Å². The van der Waals surface area contributed by atoms with Crippen molar-refractivity contribution in [2.75, 3.05) is 0 Å². The Kier molecular flexibility index (Phi) is 19.9. The van der Waals surface area contributed by atoms with Gasteiger partial charge in [0.2, 0.25) is 0 Å². The van der Waals surface area contributed by atoms with Crippen molar-refractivity contribution in [3.63, 3.8) is 0 Å². The zero-order chi connectivity index (χ0) is 2.71. The Balaban J connectivity index is 0. The van der Waals surface area contributed by atoms with Gasteiger partial charge in [0.25, 0.3) is 0 Å². The summed E-state index contributed by atoms with van der Waals surface area (Å²) >= 11 is 0. The molecule has 0 rings (SSSR count). The third-order valence-electron chi connectivity index (χ3n) is 0. The fourth-order valence-electron chi connectivity index (χ4n) is 0. The Hall–Kier alpha value is 1.24. The van der Waals surface area contributed by atoms with Gasteiger partial charge in [-0.2, -0.15) is 0 Å². The van der Waals surface area contributed by atoms with Crippen molar-refractivity contribution < 1.29 is 47.8 Å². The predicted molar refractivity (Wildman–Crippen MR) is 10.2 cm³/mol. The van der Waals surface area contributed by atoms with Crippen LogP contribution in [0.1, 0.15) is 0 Å². The number of hydrogen-bond acceptors (Lipinski definition) is 2. The third kappa shape index (κ3) is 10.6. The van der Waals surface area contributed by atoms with Gasteiger partial charge in [0.1, 0.15) is 0 Å². The second-order valence-corrected chi connectivity index (χ2v) is 0.115. The Morgan fingerprint density at radius 1 is 1.25 bits per heavy atom. The molecule has 0 aromatic carbocycles. The van der Waals surface area contributed by atoms with Crippen LogP contribution >= 0.6 is 0 Å². The minimum Gasteiger partial charge on any atom is -0.429 e. The Morgan fingerprint density at radius 2 is 1.25 bits per heavy atom. The van der Waals surface area contributed by atoms with Gasteiger partial charge in [0, 0.05) is 37.7 Å². The van der Waals surface area contributed by atoms with E-state index in [9.17, 15) is 0 Å². The van der Waals surface area contributed by atoms with Crippen molar-refractivity contribution in [1.29, 1.82) is 0 Å². The summed E-state index contributed by atoms with van der Waals surface area (Å²) in [6.45, 7) is 0. The van der Waals surface area contributed by atoms with Crippen molar-refractivity contribution in [2.45, 2.75) is 0 Å². The zero-order valence-corrected chi connectivity index (χ0v) is 2.53. The van der Waals surface area contributed by atoms with Gasteiger partial charge < -0.3 is 10.0 Å².